The molecule has 76 valence electrons. The number of pyridine rings is 1. The zero-order valence-corrected chi connectivity index (χ0v) is 8.22. The summed E-state index contributed by atoms with van der Waals surface area (Å²) < 4.78 is 1.51. The van der Waals surface area contributed by atoms with Crippen LogP contribution in [0.1, 0.15) is 10.5 Å². The van der Waals surface area contributed by atoms with Gasteiger partial charge in [-0.2, -0.15) is 0 Å². The average molecular weight is 224 g/mol. The number of rotatable bonds is 2. The summed E-state index contributed by atoms with van der Waals surface area (Å²) in [5.74, 6) is -1.08. The number of nitrogens with zero attached hydrogens (tertiary/aromatic N) is 3. The Labute approximate surface area is 90.0 Å². The number of hydrogen-bond acceptors (Lipinski definition) is 3. The molecule has 0 atom stereocenters. The lowest BCUT2D eigenvalue weighted by molar-refractivity contribution is 0.0691. The fourth-order valence-electron chi connectivity index (χ4n) is 1.14. The molecule has 0 fully saturated rings. The molecule has 0 aliphatic heterocycles. The zero-order valence-electron chi connectivity index (χ0n) is 7.46. The molecule has 0 saturated carbocycles. The Morgan fingerprint density at radius 1 is 1.47 bits per heavy atom. The van der Waals surface area contributed by atoms with Crippen LogP contribution >= 0.6 is 11.6 Å². The van der Waals surface area contributed by atoms with E-state index in [1.165, 1.54) is 17.1 Å². The quantitative estimate of drug-likeness (QED) is 0.786. The number of carboxylic acid groups (broad SMARTS) is 1. The molecule has 0 aliphatic carbocycles. The lowest BCUT2D eigenvalue weighted by Crippen LogP contribution is -1.96. The third-order valence-corrected chi connectivity index (χ3v) is 2.11. The standard InChI is InChI=1S/C9H6ClN3O2/c10-8-7(2-1-3-11-8)13-4-6(9(14)15)12-5-13/h1-5H,(H,14,15). The van der Waals surface area contributed by atoms with E-state index in [0.29, 0.717) is 10.8 Å². The molecule has 0 radical (unpaired) electrons. The van der Waals surface area contributed by atoms with E-state index in [9.17, 15) is 4.79 Å². The first-order valence-corrected chi connectivity index (χ1v) is 4.44. The van der Waals surface area contributed by atoms with Gasteiger partial charge in [-0.05, 0) is 12.1 Å². The predicted molar refractivity (Wildman–Crippen MR) is 53.3 cm³/mol. The normalized spacial score (nSPS) is 10.2. The highest BCUT2D eigenvalue weighted by Gasteiger charge is 2.09. The minimum absolute atomic E-state index is 0.0325. The van der Waals surface area contributed by atoms with Gasteiger partial charge in [-0.1, -0.05) is 11.6 Å². The van der Waals surface area contributed by atoms with Crippen molar-refractivity contribution in [1.29, 1.82) is 0 Å². The summed E-state index contributed by atoms with van der Waals surface area (Å²) in [4.78, 5) is 18.2. The third kappa shape index (κ3) is 1.82. The van der Waals surface area contributed by atoms with Gasteiger partial charge in [0.15, 0.2) is 10.8 Å². The summed E-state index contributed by atoms with van der Waals surface area (Å²) in [6, 6.07) is 3.43. The highest BCUT2D eigenvalue weighted by Crippen LogP contribution is 2.16. The largest absolute Gasteiger partial charge is 0.476 e. The van der Waals surface area contributed by atoms with Gasteiger partial charge in [0, 0.05) is 12.4 Å². The molecular formula is C9H6ClN3O2. The van der Waals surface area contributed by atoms with E-state index < -0.39 is 5.97 Å². The average Bonchev–Trinajstić information content (AvgIpc) is 2.67. The lowest BCUT2D eigenvalue weighted by Gasteiger charge is -2.01. The topological polar surface area (TPSA) is 68.0 Å². The molecule has 2 aromatic rings. The SMILES string of the molecule is O=C(O)c1cn(-c2cccnc2Cl)cn1. The van der Waals surface area contributed by atoms with Gasteiger partial charge in [0.1, 0.15) is 6.33 Å². The minimum atomic E-state index is -1.08. The van der Waals surface area contributed by atoms with Crippen molar-refractivity contribution in [1.82, 2.24) is 14.5 Å². The van der Waals surface area contributed by atoms with E-state index >= 15 is 0 Å². The molecule has 2 heterocycles. The van der Waals surface area contributed by atoms with Crippen molar-refractivity contribution in [3.8, 4) is 5.69 Å². The van der Waals surface area contributed by atoms with E-state index in [1.807, 2.05) is 0 Å². The van der Waals surface area contributed by atoms with Crippen molar-refractivity contribution in [3.05, 3.63) is 41.7 Å². The fraction of sp³-hybridized carbons (Fsp3) is 0. The Hall–Kier alpha value is -1.88. The van der Waals surface area contributed by atoms with Crippen LogP contribution in [0, 0.1) is 0 Å². The molecule has 0 amide bonds. The Kier molecular flexibility index (Phi) is 2.39. The highest BCUT2D eigenvalue weighted by molar-refractivity contribution is 6.31. The number of aromatic carboxylic acids is 1. The van der Waals surface area contributed by atoms with Gasteiger partial charge in [-0.3, -0.25) is 0 Å². The monoisotopic (exact) mass is 223 g/mol. The second-order valence-electron chi connectivity index (χ2n) is 2.78. The Morgan fingerprint density at radius 2 is 2.27 bits per heavy atom. The van der Waals surface area contributed by atoms with Crippen molar-refractivity contribution >= 4 is 17.6 Å². The molecule has 0 spiro atoms. The number of carboxylic acids is 1. The summed E-state index contributed by atoms with van der Waals surface area (Å²) in [5.41, 5.74) is 0.564. The smallest absolute Gasteiger partial charge is 0.356 e. The second kappa shape index (κ2) is 3.70. The van der Waals surface area contributed by atoms with Gasteiger partial charge < -0.3 is 9.67 Å². The van der Waals surface area contributed by atoms with Gasteiger partial charge in [-0.15, -0.1) is 0 Å². The number of carbonyl (C=O) groups is 1. The predicted octanol–water partition coefficient (Wildman–Crippen LogP) is 1.62. The first-order valence-electron chi connectivity index (χ1n) is 4.06. The molecule has 5 nitrogen and oxygen atoms in total. The van der Waals surface area contributed by atoms with Crippen molar-refractivity contribution in [2.75, 3.05) is 0 Å². The van der Waals surface area contributed by atoms with Gasteiger partial charge >= 0.3 is 5.97 Å². The number of halogens is 1. The first kappa shape index (κ1) is 9.67. The van der Waals surface area contributed by atoms with E-state index in [4.69, 9.17) is 16.7 Å². The summed E-state index contributed by atoms with van der Waals surface area (Å²) in [7, 11) is 0. The molecule has 0 saturated heterocycles. The van der Waals surface area contributed by atoms with Crippen LogP contribution in [-0.4, -0.2) is 25.6 Å². The van der Waals surface area contributed by atoms with Crippen LogP contribution in [0.2, 0.25) is 5.15 Å². The van der Waals surface area contributed by atoms with Gasteiger partial charge in [0.2, 0.25) is 0 Å². The molecule has 0 aliphatic rings. The van der Waals surface area contributed by atoms with Crippen LogP contribution < -0.4 is 0 Å². The fourth-order valence-corrected chi connectivity index (χ4v) is 1.35. The van der Waals surface area contributed by atoms with Crippen LogP contribution in [0.15, 0.2) is 30.9 Å². The maximum atomic E-state index is 10.6. The minimum Gasteiger partial charge on any atom is -0.476 e. The lowest BCUT2D eigenvalue weighted by atomic mass is 10.4. The Morgan fingerprint density at radius 3 is 2.87 bits per heavy atom. The van der Waals surface area contributed by atoms with Crippen molar-refractivity contribution in [2.24, 2.45) is 0 Å². The second-order valence-corrected chi connectivity index (χ2v) is 3.14. The summed E-state index contributed by atoms with van der Waals surface area (Å²) in [5, 5.41) is 8.99. The molecule has 1 N–H and O–H groups in total. The van der Waals surface area contributed by atoms with Gasteiger partial charge in [0.25, 0.3) is 0 Å². The number of imidazole rings is 1. The Balaban J connectivity index is 2.46. The Bertz CT molecular complexity index is 510. The molecule has 2 aromatic heterocycles. The number of aromatic nitrogens is 3. The van der Waals surface area contributed by atoms with Crippen LogP contribution in [-0.2, 0) is 0 Å². The molecule has 2 rings (SSSR count). The molecular weight excluding hydrogens is 218 g/mol. The van der Waals surface area contributed by atoms with Crippen molar-refractivity contribution in [3.63, 3.8) is 0 Å². The van der Waals surface area contributed by atoms with Crippen molar-refractivity contribution < 1.29 is 9.90 Å². The summed E-state index contributed by atoms with van der Waals surface area (Å²) in [6.45, 7) is 0. The van der Waals surface area contributed by atoms with Crippen LogP contribution in [0.4, 0.5) is 0 Å². The van der Waals surface area contributed by atoms with Gasteiger partial charge in [-0.25, -0.2) is 14.8 Å². The van der Waals surface area contributed by atoms with E-state index in [-0.39, 0.29) is 5.69 Å². The maximum Gasteiger partial charge on any atom is 0.356 e. The van der Waals surface area contributed by atoms with Crippen LogP contribution in [0.3, 0.4) is 0 Å². The highest BCUT2D eigenvalue weighted by atomic mass is 35.5. The third-order valence-electron chi connectivity index (χ3n) is 1.82. The summed E-state index contributed by atoms with van der Waals surface area (Å²) in [6.07, 6.45) is 4.32. The molecule has 0 unspecified atom stereocenters. The van der Waals surface area contributed by atoms with Crippen LogP contribution in [0.5, 0.6) is 0 Å². The molecule has 15 heavy (non-hydrogen) atoms. The summed E-state index contributed by atoms with van der Waals surface area (Å²) >= 11 is 5.84. The van der Waals surface area contributed by atoms with Crippen LogP contribution in [0.25, 0.3) is 5.69 Å². The first-order chi connectivity index (χ1) is 7.18. The van der Waals surface area contributed by atoms with E-state index in [0.717, 1.165) is 0 Å². The maximum absolute atomic E-state index is 10.6. The van der Waals surface area contributed by atoms with E-state index in [2.05, 4.69) is 9.97 Å². The molecule has 6 heteroatoms. The van der Waals surface area contributed by atoms with E-state index in [1.54, 1.807) is 18.3 Å². The molecule has 0 aromatic carbocycles. The zero-order chi connectivity index (χ0) is 10.8. The van der Waals surface area contributed by atoms with Crippen molar-refractivity contribution in [2.45, 2.75) is 0 Å². The van der Waals surface area contributed by atoms with Gasteiger partial charge in [0.05, 0.1) is 5.69 Å². The number of hydrogen-bond donors (Lipinski definition) is 1. The molecule has 0 bridgehead atoms.